The Balaban J connectivity index is 1.81. The van der Waals surface area contributed by atoms with Gasteiger partial charge < -0.3 is 10.4 Å². The van der Waals surface area contributed by atoms with Crippen LogP contribution in [-0.2, 0) is 0 Å². The Morgan fingerprint density at radius 1 is 1.42 bits per heavy atom. The molecule has 0 amide bonds. The zero-order valence-corrected chi connectivity index (χ0v) is 13.2. The van der Waals surface area contributed by atoms with E-state index in [1.807, 2.05) is 24.3 Å². The predicted molar refractivity (Wildman–Crippen MR) is 83.1 cm³/mol. The predicted octanol–water partition coefficient (Wildman–Crippen LogP) is 4.04. The highest BCUT2D eigenvalue weighted by Gasteiger charge is 2.21. The van der Waals surface area contributed by atoms with E-state index in [0.29, 0.717) is 12.6 Å². The third kappa shape index (κ3) is 4.59. The number of rotatable bonds is 5. The molecular formula is C16H24BrNO. The van der Waals surface area contributed by atoms with E-state index in [0.717, 1.165) is 16.0 Å². The van der Waals surface area contributed by atoms with Gasteiger partial charge in [0.2, 0.25) is 0 Å². The fourth-order valence-electron chi connectivity index (χ4n) is 2.96. The summed E-state index contributed by atoms with van der Waals surface area (Å²) in [5, 5.41) is 13.8. The zero-order valence-electron chi connectivity index (χ0n) is 11.6. The molecule has 1 aliphatic carbocycles. The third-order valence-electron chi connectivity index (χ3n) is 4.19. The lowest BCUT2D eigenvalue weighted by atomic mass is 9.84. The molecule has 1 fully saturated rings. The number of aliphatic hydroxyl groups excluding tert-OH is 1. The number of benzene rings is 1. The van der Waals surface area contributed by atoms with Crippen LogP contribution >= 0.6 is 15.9 Å². The molecule has 1 aliphatic rings. The van der Waals surface area contributed by atoms with E-state index in [1.165, 1.54) is 32.1 Å². The van der Waals surface area contributed by atoms with Crippen LogP contribution in [0, 0.1) is 5.92 Å². The van der Waals surface area contributed by atoms with E-state index < -0.39 is 6.10 Å². The van der Waals surface area contributed by atoms with Crippen molar-refractivity contribution in [2.75, 3.05) is 6.54 Å². The number of aliphatic hydroxyl groups is 1. The lowest BCUT2D eigenvalue weighted by Crippen LogP contribution is -2.36. The summed E-state index contributed by atoms with van der Waals surface area (Å²) in [4.78, 5) is 0. The second-order valence-electron chi connectivity index (χ2n) is 5.62. The van der Waals surface area contributed by atoms with Crippen LogP contribution in [0.4, 0.5) is 0 Å². The van der Waals surface area contributed by atoms with Gasteiger partial charge in [-0.05, 0) is 36.5 Å². The Kier molecular flexibility index (Phi) is 5.86. The standard InChI is InChI=1S/C16H24BrNO/c1-2-12-5-3-8-15(9-12)18-11-16(19)13-6-4-7-14(17)10-13/h4,6-7,10,12,15-16,18-19H,2-3,5,8-9,11H2,1H3. The first-order valence-corrected chi connectivity index (χ1v) is 8.15. The Bertz CT molecular complexity index is 396. The highest BCUT2D eigenvalue weighted by Crippen LogP contribution is 2.27. The molecule has 3 unspecified atom stereocenters. The summed E-state index contributed by atoms with van der Waals surface area (Å²) in [5.74, 6) is 0.870. The number of hydrogen-bond donors (Lipinski definition) is 2. The highest BCUT2D eigenvalue weighted by molar-refractivity contribution is 9.10. The van der Waals surface area contributed by atoms with Gasteiger partial charge in [0.25, 0.3) is 0 Å². The van der Waals surface area contributed by atoms with Crippen molar-refractivity contribution in [3.05, 3.63) is 34.3 Å². The molecule has 1 saturated carbocycles. The highest BCUT2D eigenvalue weighted by atomic mass is 79.9. The van der Waals surface area contributed by atoms with Crippen LogP contribution in [0.15, 0.2) is 28.7 Å². The van der Waals surface area contributed by atoms with Gasteiger partial charge in [-0.2, -0.15) is 0 Å². The van der Waals surface area contributed by atoms with E-state index in [1.54, 1.807) is 0 Å². The summed E-state index contributed by atoms with van der Waals surface area (Å²) in [6, 6.07) is 8.50. The Morgan fingerprint density at radius 3 is 3.00 bits per heavy atom. The summed E-state index contributed by atoms with van der Waals surface area (Å²) >= 11 is 3.44. The van der Waals surface area contributed by atoms with Crippen LogP contribution in [-0.4, -0.2) is 17.7 Å². The van der Waals surface area contributed by atoms with Crippen molar-refractivity contribution in [1.29, 1.82) is 0 Å². The second kappa shape index (κ2) is 7.41. The SMILES string of the molecule is CCC1CCCC(NCC(O)c2cccc(Br)c2)C1. The molecule has 3 heteroatoms. The average molecular weight is 326 g/mol. The van der Waals surface area contributed by atoms with Gasteiger partial charge in [0.15, 0.2) is 0 Å². The zero-order chi connectivity index (χ0) is 13.7. The summed E-state index contributed by atoms with van der Waals surface area (Å²) in [6.45, 7) is 2.93. The average Bonchev–Trinajstić information content (AvgIpc) is 2.45. The van der Waals surface area contributed by atoms with Crippen LogP contribution in [0.25, 0.3) is 0 Å². The monoisotopic (exact) mass is 325 g/mol. The quantitative estimate of drug-likeness (QED) is 0.856. The molecule has 0 heterocycles. The minimum Gasteiger partial charge on any atom is -0.387 e. The van der Waals surface area contributed by atoms with E-state index >= 15 is 0 Å². The molecule has 106 valence electrons. The maximum absolute atomic E-state index is 10.2. The van der Waals surface area contributed by atoms with Gasteiger partial charge in [0.05, 0.1) is 6.10 Å². The topological polar surface area (TPSA) is 32.3 Å². The molecule has 2 rings (SSSR count). The maximum atomic E-state index is 10.2. The van der Waals surface area contributed by atoms with Crippen molar-refractivity contribution >= 4 is 15.9 Å². The fourth-order valence-corrected chi connectivity index (χ4v) is 3.37. The summed E-state index contributed by atoms with van der Waals surface area (Å²) < 4.78 is 1.02. The van der Waals surface area contributed by atoms with Crippen LogP contribution in [0.1, 0.15) is 50.7 Å². The molecule has 2 N–H and O–H groups in total. The molecule has 0 bridgehead atoms. The van der Waals surface area contributed by atoms with Crippen molar-refractivity contribution in [3.8, 4) is 0 Å². The molecule has 1 aromatic carbocycles. The fraction of sp³-hybridized carbons (Fsp3) is 0.625. The molecule has 0 aliphatic heterocycles. The Labute approximate surface area is 124 Å². The van der Waals surface area contributed by atoms with Crippen molar-refractivity contribution < 1.29 is 5.11 Å². The first kappa shape index (κ1) is 15.0. The van der Waals surface area contributed by atoms with Crippen LogP contribution in [0.5, 0.6) is 0 Å². The second-order valence-corrected chi connectivity index (χ2v) is 6.53. The largest absolute Gasteiger partial charge is 0.387 e. The van der Waals surface area contributed by atoms with E-state index in [9.17, 15) is 5.11 Å². The molecular weight excluding hydrogens is 302 g/mol. The van der Waals surface area contributed by atoms with Gasteiger partial charge in [0.1, 0.15) is 0 Å². The van der Waals surface area contributed by atoms with Crippen LogP contribution in [0.3, 0.4) is 0 Å². The minimum atomic E-state index is -0.417. The Morgan fingerprint density at radius 2 is 2.26 bits per heavy atom. The van der Waals surface area contributed by atoms with Crippen LogP contribution < -0.4 is 5.32 Å². The first-order chi connectivity index (χ1) is 9.19. The summed E-state index contributed by atoms with van der Waals surface area (Å²) in [7, 11) is 0. The van der Waals surface area contributed by atoms with Crippen molar-refractivity contribution in [2.24, 2.45) is 5.92 Å². The normalized spacial score (nSPS) is 25.2. The Hall–Kier alpha value is -0.380. The summed E-state index contributed by atoms with van der Waals surface area (Å²) in [5.41, 5.74) is 0.977. The lowest BCUT2D eigenvalue weighted by Gasteiger charge is -2.30. The number of nitrogens with one attached hydrogen (secondary N) is 1. The van der Waals surface area contributed by atoms with Gasteiger partial charge in [0, 0.05) is 17.1 Å². The lowest BCUT2D eigenvalue weighted by molar-refractivity contribution is 0.160. The van der Waals surface area contributed by atoms with Gasteiger partial charge in [-0.15, -0.1) is 0 Å². The van der Waals surface area contributed by atoms with E-state index in [4.69, 9.17) is 0 Å². The molecule has 1 aromatic rings. The van der Waals surface area contributed by atoms with Crippen molar-refractivity contribution in [3.63, 3.8) is 0 Å². The molecule has 2 nitrogen and oxygen atoms in total. The van der Waals surface area contributed by atoms with Crippen molar-refractivity contribution in [1.82, 2.24) is 5.32 Å². The molecule has 19 heavy (non-hydrogen) atoms. The summed E-state index contributed by atoms with van der Waals surface area (Å²) in [6.07, 6.45) is 6.08. The molecule has 3 atom stereocenters. The van der Waals surface area contributed by atoms with Gasteiger partial charge >= 0.3 is 0 Å². The molecule has 0 saturated heterocycles. The maximum Gasteiger partial charge on any atom is 0.0914 e. The first-order valence-electron chi connectivity index (χ1n) is 7.36. The molecule has 0 spiro atoms. The van der Waals surface area contributed by atoms with Crippen molar-refractivity contribution in [2.45, 2.75) is 51.2 Å². The van der Waals surface area contributed by atoms with Gasteiger partial charge in [-0.1, -0.05) is 54.2 Å². The number of hydrogen-bond acceptors (Lipinski definition) is 2. The minimum absolute atomic E-state index is 0.417. The van der Waals surface area contributed by atoms with E-state index in [-0.39, 0.29) is 0 Å². The third-order valence-corrected chi connectivity index (χ3v) is 4.69. The van der Waals surface area contributed by atoms with Gasteiger partial charge in [-0.25, -0.2) is 0 Å². The number of halogens is 1. The van der Waals surface area contributed by atoms with Gasteiger partial charge in [-0.3, -0.25) is 0 Å². The molecule has 0 radical (unpaired) electrons. The van der Waals surface area contributed by atoms with E-state index in [2.05, 4.69) is 28.2 Å². The van der Waals surface area contributed by atoms with Crippen LogP contribution in [0.2, 0.25) is 0 Å². The molecule has 0 aromatic heterocycles. The smallest absolute Gasteiger partial charge is 0.0914 e.